The van der Waals surface area contributed by atoms with Crippen LogP contribution in [0.4, 0.5) is 10.5 Å². The summed E-state index contributed by atoms with van der Waals surface area (Å²) in [5.74, 6) is 0. The number of benzene rings is 1. The van der Waals surface area contributed by atoms with Crippen LogP contribution in [0.5, 0.6) is 0 Å². The molecule has 0 saturated heterocycles. The highest BCUT2D eigenvalue weighted by molar-refractivity contribution is 5.89. The summed E-state index contributed by atoms with van der Waals surface area (Å²) >= 11 is 0. The van der Waals surface area contributed by atoms with Crippen LogP contribution < -0.4 is 10.6 Å². The molecular formula is C16H27N3O. The Kier molecular flexibility index (Phi) is 6.52. The molecule has 0 bridgehead atoms. The molecule has 1 rings (SSSR count). The molecule has 4 heteroatoms. The molecule has 1 aromatic carbocycles. The van der Waals surface area contributed by atoms with Gasteiger partial charge in [0.2, 0.25) is 0 Å². The monoisotopic (exact) mass is 277 g/mol. The molecule has 0 aliphatic rings. The number of hydrogen-bond acceptors (Lipinski definition) is 2. The minimum Gasteiger partial charge on any atom is -0.325 e. The molecule has 0 spiro atoms. The van der Waals surface area contributed by atoms with Crippen molar-refractivity contribution in [3.05, 3.63) is 29.8 Å². The molecule has 2 N–H and O–H groups in total. The second-order valence-electron chi connectivity index (χ2n) is 5.31. The summed E-state index contributed by atoms with van der Waals surface area (Å²) < 4.78 is 0. The topological polar surface area (TPSA) is 44.4 Å². The molecule has 0 aromatic heterocycles. The number of hydrogen-bond donors (Lipinski definition) is 2. The van der Waals surface area contributed by atoms with Crippen LogP contribution in [0, 0.1) is 0 Å². The van der Waals surface area contributed by atoms with Gasteiger partial charge in [-0.2, -0.15) is 0 Å². The molecule has 0 radical (unpaired) electrons. The van der Waals surface area contributed by atoms with Gasteiger partial charge in [-0.1, -0.05) is 25.5 Å². The van der Waals surface area contributed by atoms with E-state index in [4.69, 9.17) is 0 Å². The van der Waals surface area contributed by atoms with Crippen molar-refractivity contribution in [2.75, 3.05) is 19.4 Å². The second-order valence-corrected chi connectivity index (χ2v) is 5.31. The van der Waals surface area contributed by atoms with Gasteiger partial charge in [0.15, 0.2) is 0 Å². The smallest absolute Gasteiger partial charge is 0.321 e. The number of nitrogens with one attached hydrogen (secondary N) is 2. The molecule has 2 unspecified atom stereocenters. The van der Waals surface area contributed by atoms with Crippen molar-refractivity contribution >= 4 is 11.7 Å². The van der Waals surface area contributed by atoms with Gasteiger partial charge in [0, 0.05) is 24.8 Å². The lowest BCUT2D eigenvalue weighted by molar-refractivity contribution is 0.205. The van der Waals surface area contributed by atoms with E-state index in [0.717, 1.165) is 18.5 Å². The molecule has 20 heavy (non-hydrogen) atoms. The first-order chi connectivity index (χ1) is 9.49. The van der Waals surface area contributed by atoms with Crippen molar-refractivity contribution in [3.63, 3.8) is 0 Å². The third-order valence-corrected chi connectivity index (χ3v) is 3.78. The third-order valence-electron chi connectivity index (χ3n) is 3.78. The van der Waals surface area contributed by atoms with E-state index < -0.39 is 0 Å². The number of amides is 2. The van der Waals surface area contributed by atoms with Crippen molar-refractivity contribution in [2.24, 2.45) is 0 Å². The number of carbonyl (C=O) groups excluding carboxylic acids is 1. The highest BCUT2D eigenvalue weighted by Crippen LogP contribution is 2.16. The van der Waals surface area contributed by atoms with Crippen molar-refractivity contribution in [3.8, 4) is 0 Å². The number of urea groups is 1. The first-order valence-electron chi connectivity index (χ1n) is 7.30. The molecule has 4 nitrogen and oxygen atoms in total. The molecule has 0 saturated carbocycles. The Balaban J connectivity index is 2.62. The number of carbonyl (C=O) groups is 1. The number of nitrogens with zero attached hydrogens (tertiary/aromatic N) is 1. The van der Waals surface area contributed by atoms with Crippen LogP contribution in [0.25, 0.3) is 0 Å². The van der Waals surface area contributed by atoms with Gasteiger partial charge in [-0.05, 0) is 45.0 Å². The summed E-state index contributed by atoms with van der Waals surface area (Å²) in [6, 6.07) is 8.47. The van der Waals surface area contributed by atoms with E-state index in [1.807, 2.05) is 38.4 Å². The van der Waals surface area contributed by atoms with Crippen LogP contribution in [0.1, 0.15) is 45.2 Å². The summed E-state index contributed by atoms with van der Waals surface area (Å²) in [7, 11) is 3.78. The van der Waals surface area contributed by atoms with Gasteiger partial charge in [-0.3, -0.25) is 0 Å². The fraction of sp³-hybridized carbons (Fsp3) is 0.562. The third kappa shape index (κ3) is 4.53. The average molecular weight is 277 g/mol. The average Bonchev–Trinajstić information content (AvgIpc) is 2.46. The lowest BCUT2D eigenvalue weighted by atomic mass is 10.1. The lowest BCUT2D eigenvalue weighted by Crippen LogP contribution is -2.38. The predicted molar refractivity (Wildman–Crippen MR) is 85.1 cm³/mol. The maximum atomic E-state index is 12.1. The Morgan fingerprint density at radius 2 is 1.85 bits per heavy atom. The SMILES string of the molecule is CCCC(C)N(C)C(=O)Nc1ccc(C(C)NC)cc1. The van der Waals surface area contributed by atoms with Gasteiger partial charge in [-0.25, -0.2) is 4.79 Å². The minimum absolute atomic E-state index is 0.0552. The number of rotatable bonds is 6. The highest BCUT2D eigenvalue weighted by atomic mass is 16.2. The quantitative estimate of drug-likeness (QED) is 0.834. The molecule has 0 aliphatic heterocycles. The molecule has 1 aromatic rings. The highest BCUT2D eigenvalue weighted by Gasteiger charge is 2.14. The molecule has 0 fully saturated rings. The molecule has 2 atom stereocenters. The Morgan fingerprint density at radius 3 is 2.35 bits per heavy atom. The summed E-state index contributed by atoms with van der Waals surface area (Å²) in [5, 5.41) is 6.12. The summed E-state index contributed by atoms with van der Waals surface area (Å²) in [4.78, 5) is 13.9. The zero-order chi connectivity index (χ0) is 15.1. The van der Waals surface area contributed by atoms with Gasteiger partial charge in [-0.15, -0.1) is 0 Å². The van der Waals surface area contributed by atoms with Gasteiger partial charge >= 0.3 is 6.03 Å². The van der Waals surface area contributed by atoms with Crippen molar-refractivity contribution in [1.29, 1.82) is 0 Å². The first-order valence-corrected chi connectivity index (χ1v) is 7.30. The molecule has 112 valence electrons. The van der Waals surface area contributed by atoms with E-state index in [0.29, 0.717) is 6.04 Å². The zero-order valence-electron chi connectivity index (χ0n) is 13.2. The normalized spacial score (nSPS) is 13.7. The van der Waals surface area contributed by atoms with E-state index in [1.165, 1.54) is 5.56 Å². The van der Waals surface area contributed by atoms with Gasteiger partial charge in [0.05, 0.1) is 0 Å². The fourth-order valence-electron chi connectivity index (χ4n) is 2.05. The van der Waals surface area contributed by atoms with Crippen LogP contribution in [0.15, 0.2) is 24.3 Å². The largest absolute Gasteiger partial charge is 0.325 e. The van der Waals surface area contributed by atoms with Crippen LogP contribution in [-0.4, -0.2) is 31.1 Å². The molecular weight excluding hydrogens is 250 g/mol. The molecule has 0 heterocycles. The van der Waals surface area contributed by atoms with E-state index >= 15 is 0 Å². The van der Waals surface area contributed by atoms with E-state index in [9.17, 15) is 4.79 Å². The Bertz CT molecular complexity index is 416. The van der Waals surface area contributed by atoms with Crippen LogP contribution in [-0.2, 0) is 0 Å². The Morgan fingerprint density at radius 1 is 1.25 bits per heavy atom. The fourth-order valence-corrected chi connectivity index (χ4v) is 2.05. The van der Waals surface area contributed by atoms with Gasteiger partial charge < -0.3 is 15.5 Å². The zero-order valence-corrected chi connectivity index (χ0v) is 13.2. The first kappa shape index (κ1) is 16.5. The van der Waals surface area contributed by atoms with Crippen molar-refractivity contribution in [2.45, 2.75) is 45.7 Å². The standard InChI is InChI=1S/C16H27N3O/c1-6-7-12(2)19(5)16(20)18-15-10-8-14(9-11-15)13(3)17-4/h8-13,17H,6-7H2,1-5H3,(H,18,20). The van der Waals surface area contributed by atoms with E-state index in [2.05, 4.69) is 31.4 Å². The summed E-state index contributed by atoms with van der Waals surface area (Å²) in [6.07, 6.45) is 2.10. The minimum atomic E-state index is -0.0552. The van der Waals surface area contributed by atoms with Crippen molar-refractivity contribution in [1.82, 2.24) is 10.2 Å². The maximum absolute atomic E-state index is 12.1. The van der Waals surface area contributed by atoms with Crippen LogP contribution in [0.2, 0.25) is 0 Å². The van der Waals surface area contributed by atoms with Crippen LogP contribution in [0.3, 0.4) is 0 Å². The maximum Gasteiger partial charge on any atom is 0.321 e. The van der Waals surface area contributed by atoms with Gasteiger partial charge in [0.25, 0.3) is 0 Å². The lowest BCUT2D eigenvalue weighted by Gasteiger charge is -2.25. The van der Waals surface area contributed by atoms with E-state index in [1.54, 1.807) is 4.90 Å². The van der Waals surface area contributed by atoms with Crippen molar-refractivity contribution < 1.29 is 4.79 Å². The van der Waals surface area contributed by atoms with Gasteiger partial charge in [0.1, 0.15) is 0 Å². The Hall–Kier alpha value is -1.55. The van der Waals surface area contributed by atoms with E-state index in [-0.39, 0.29) is 12.1 Å². The molecule has 2 amide bonds. The molecule has 0 aliphatic carbocycles. The second kappa shape index (κ2) is 7.90. The van der Waals surface area contributed by atoms with Crippen LogP contribution >= 0.6 is 0 Å². The Labute approximate surface area is 122 Å². The summed E-state index contributed by atoms with van der Waals surface area (Å²) in [6.45, 7) is 6.30. The number of anilines is 1. The predicted octanol–water partition coefficient (Wildman–Crippen LogP) is 3.62. The summed E-state index contributed by atoms with van der Waals surface area (Å²) in [5.41, 5.74) is 2.04.